The van der Waals surface area contributed by atoms with Gasteiger partial charge in [-0.2, -0.15) is 0 Å². The normalized spacial score (nSPS) is 35.7. The molecule has 0 spiro atoms. The number of carboxylic acid groups (broad SMARTS) is 2. The maximum Gasteiger partial charge on any atom is 0.338 e. The number of aliphatic carboxylic acids is 2. The summed E-state index contributed by atoms with van der Waals surface area (Å²) in [5.41, 5.74) is -10.3. The van der Waals surface area contributed by atoms with Crippen molar-refractivity contribution < 1.29 is 48.5 Å². The topological polar surface area (TPSA) is 161 Å². The third-order valence-corrected chi connectivity index (χ3v) is 12.4. The summed E-state index contributed by atoms with van der Waals surface area (Å²) in [4.78, 5) is 81.2. The Morgan fingerprint density at radius 3 is 0.938 bits per heavy atom. The van der Waals surface area contributed by atoms with E-state index in [1.165, 1.54) is 0 Å². The van der Waals surface area contributed by atoms with Crippen molar-refractivity contribution in [3.63, 3.8) is 0 Å². The zero-order valence-corrected chi connectivity index (χ0v) is 30.3. The van der Waals surface area contributed by atoms with E-state index >= 15 is 0 Å². The van der Waals surface area contributed by atoms with Crippen molar-refractivity contribution in [3.05, 3.63) is 36.5 Å². The molecular formula is C38H52O10. The molecule has 48 heavy (non-hydrogen) atoms. The summed E-state index contributed by atoms with van der Waals surface area (Å²) in [6.07, 6.45) is 9.50. The van der Waals surface area contributed by atoms with Crippen LogP contribution in [0.2, 0.25) is 0 Å². The fourth-order valence-electron chi connectivity index (χ4n) is 11.5. The lowest BCUT2D eigenvalue weighted by Crippen LogP contribution is -2.66. The monoisotopic (exact) mass is 668 g/mol. The fraction of sp³-hybridized carbons (Fsp3) is 0.684. The molecule has 2 N–H and O–H groups in total. The number of ether oxygens (including phenoxy) is 2. The molecule has 2 saturated carbocycles. The van der Waals surface area contributed by atoms with Crippen LogP contribution in [0.1, 0.15) is 95.9 Å². The number of esters is 4. The maximum absolute atomic E-state index is 14.2. The molecule has 0 aromatic heterocycles. The van der Waals surface area contributed by atoms with Gasteiger partial charge in [-0.25, -0.2) is 9.59 Å². The zero-order valence-electron chi connectivity index (χ0n) is 30.3. The molecule has 10 nitrogen and oxygen atoms in total. The summed E-state index contributed by atoms with van der Waals surface area (Å²) in [5.74, 6) is -8.72. The number of hydrogen-bond donors (Lipinski definition) is 2. The molecule has 10 heteroatoms. The second-order valence-electron chi connectivity index (χ2n) is 18.3. The van der Waals surface area contributed by atoms with Gasteiger partial charge < -0.3 is 19.7 Å². The van der Waals surface area contributed by atoms with Gasteiger partial charge in [0.05, 0.1) is 21.7 Å². The molecular weight excluding hydrogens is 616 g/mol. The molecule has 0 amide bonds. The average molecular weight is 669 g/mol. The van der Waals surface area contributed by atoms with Crippen LogP contribution in [-0.4, -0.2) is 46.0 Å². The summed E-state index contributed by atoms with van der Waals surface area (Å²) >= 11 is 0. The first-order valence-electron chi connectivity index (χ1n) is 16.7. The van der Waals surface area contributed by atoms with Crippen molar-refractivity contribution in [3.8, 4) is 0 Å². The van der Waals surface area contributed by atoms with Crippen molar-refractivity contribution in [1.82, 2.24) is 0 Å². The second-order valence-corrected chi connectivity index (χ2v) is 18.3. The minimum Gasteiger partial charge on any atom is -0.481 e. The molecule has 0 radical (unpaired) electrons. The predicted molar refractivity (Wildman–Crippen MR) is 176 cm³/mol. The van der Waals surface area contributed by atoms with E-state index in [0.29, 0.717) is 25.0 Å². The van der Waals surface area contributed by atoms with E-state index < -0.39 is 103 Å². The van der Waals surface area contributed by atoms with Gasteiger partial charge in [0, 0.05) is 12.2 Å². The predicted octanol–water partition coefficient (Wildman–Crippen LogP) is 6.39. The van der Waals surface area contributed by atoms with Gasteiger partial charge in [0.1, 0.15) is 0 Å². The Morgan fingerprint density at radius 1 is 0.500 bits per heavy atom. The molecule has 0 saturated heterocycles. The molecule has 4 rings (SSSR count). The molecule has 4 bridgehead atoms. The van der Waals surface area contributed by atoms with Crippen LogP contribution in [0, 0.1) is 67.0 Å². The summed E-state index contributed by atoms with van der Waals surface area (Å²) < 4.78 is 10.7. The van der Waals surface area contributed by atoms with Crippen LogP contribution in [-0.2, 0) is 38.2 Å². The first-order valence-corrected chi connectivity index (χ1v) is 16.7. The quantitative estimate of drug-likeness (QED) is 0.140. The van der Waals surface area contributed by atoms with Crippen molar-refractivity contribution in [2.45, 2.75) is 95.9 Å². The van der Waals surface area contributed by atoms with Crippen molar-refractivity contribution in [2.75, 3.05) is 0 Å². The number of carboxylic acids is 2. The highest BCUT2D eigenvalue weighted by molar-refractivity contribution is 6.03. The summed E-state index contributed by atoms with van der Waals surface area (Å²) in [5, 5.41) is 21.6. The number of carbonyl (C=O) groups is 6. The Bertz CT molecular complexity index is 1420. The van der Waals surface area contributed by atoms with E-state index in [0.717, 1.165) is 0 Å². The molecule has 4 aliphatic rings. The fourth-order valence-corrected chi connectivity index (χ4v) is 11.5. The van der Waals surface area contributed by atoms with Gasteiger partial charge in [-0.05, 0) is 58.2 Å². The third-order valence-electron chi connectivity index (χ3n) is 12.4. The van der Waals surface area contributed by atoms with Gasteiger partial charge >= 0.3 is 35.8 Å². The van der Waals surface area contributed by atoms with E-state index in [-0.39, 0.29) is 0 Å². The Kier molecular flexibility index (Phi) is 8.52. The van der Waals surface area contributed by atoms with Crippen LogP contribution >= 0.6 is 0 Å². The van der Waals surface area contributed by atoms with Crippen LogP contribution in [0.25, 0.3) is 0 Å². The first-order chi connectivity index (χ1) is 21.6. The largest absolute Gasteiger partial charge is 0.481 e. The Balaban J connectivity index is 1.65. The lowest BCUT2D eigenvalue weighted by Gasteiger charge is -2.58. The SMILES string of the molecule is CC(C)(C)C1(C(=O)O)C2C=CC(C2)C1(C(=O)OC(=O)/C=C\C(=O)OC(=O)C1(C(C)(C)C)C2C=CC(C2)C1(C(=O)O)C(C)(C)C)C(C)(C)C. The molecule has 0 aromatic carbocycles. The van der Waals surface area contributed by atoms with Crippen molar-refractivity contribution >= 4 is 35.8 Å². The van der Waals surface area contributed by atoms with E-state index in [9.17, 15) is 39.0 Å². The minimum atomic E-state index is -1.63. The van der Waals surface area contributed by atoms with Crippen molar-refractivity contribution in [2.24, 2.45) is 67.0 Å². The van der Waals surface area contributed by atoms with Crippen molar-refractivity contribution in [1.29, 1.82) is 0 Å². The number of rotatable bonds is 6. The number of carbonyl (C=O) groups excluding carboxylic acids is 4. The van der Waals surface area contributed by atoms with Gasteiger partial charge in [-0.1, -0.05) is 107 Å². The summed E-state index contributed by atoms with van der Waals surface area (Å²) in [6, 6.07) is 0. The zero-order chi connectivity index (χ0) is 36.8. The Labute approximate surface area is 283 Å². The van der Waals surface area contributed by atoms with Gasteiger partial charge in [0.25, 0.3) is 0 Å². The van der Waals surface area contributed by atoms with Gasteiger partial charge in [-0.15, -0.1) is 0 Å². The van der Waals surface area contributed by atoms with Crippen LogP contribution < -0.4 is 0 Å². The molecule has 8 atom stereocenters. The Hall–Kier alpha value is -3.56. The van der Waals surface area contributed by atoms with Crippen LogP contribution in [0.15, 0.2) is 36.5 Å². The van der Waals surface area contributed by atoms with E-state index in [2.05, 4.69) is 0 Å². The molecule has 8 unspecified atom stereocenters. The van der Waals surface area contributed by atoms with Crippen LogP contribution in [0.4, 0.5) is 0 Å². The molecule has 0 heterocycles. The molecule has 0 aliphatic heterocycles. The molecule has 264 valence electrons. The summed E-state index contributed by atoms with van der Waals surface area (Å²) in [7, 11) is 0. The van der Waals surface area contributed by atoms with Gasteiger partial charge in [0.15, 0.2) is 0 Å². The van der Waals surface area contributed by atoms with Gasteiger partial charge in [-0.3, -0.25) is 19.2 Å². The minimum absolute atomic E-state index is 0.410. The van der Waals surface area contributed by atoms with Crippen LogP contribution in [0.5, 0.6) is 0 Å². The number of allylic oxidation sites excluding steroid dienone is 4. The van der Waals surface area contributed by atoms with Gasteiger partial charge in [0.2, 0.25) is 0 Å². The molecule has 4 aliphatic carbocycles. The maximum atomic E-state index is 14.2. The van der Waals surface area contributed by atoms with E-state index in [1.807, 2.05) is 24.3 Å². The third kappa shape index (κ3) is 4.35. The lowest BCUT2D eigenvalue weighted by atomic mass is 9.41. The number of fused-ring (bicyclic) bond motifs is 4. The number of hydrogen-bond acceptors (Lipinski definition) is 8. The highest BCUT2D eigenvalue weighted by Crippen LogP contribution is 2.76. The highest BCUT2D eigenvalue weighted by atomic mass is 16.6. The Morgan fingerprint density at radius 2 is 0.729 bits per heavy atom. The smallest absolute Gasteiger partial charge is 0.338 e. The lowest BCUT2D eigenvalue weighted by molar-refractivity contribution is -0.209. The average Bonchev–Trinajstić information content (AvgIpc) is 3.67. The summed E-state index contributed by atoms with van der Waals surface area (Å²) in [6.45, 7) is 21.2. The second kappa shape index (κ2) is 11.0. The van der Waals surface area contributed by atoms with E-state index in [4.69, 9.17) is 9.47 Å². The standard InChI is InChI=1S/C38H52O10/c1-31(2,3)35(27(41)42)21-13-15-23(19-21)37(35,33(7,8)9)29(45)47-25(39)17-18-26(40)48-30(46)38(34(10,11)12)24-16-14-22(20-24)36(38,28(43)44)32(4,5)6/h13-18,21-24H,19-20H2,1-12H3,(H,41,42)(H,43,44)/b18-17-. The van der Waals surface area contributed by atoms with E-state index in [1.54, 1.807) is 83.1 Å². The molecule has 0 aromatic rings. The molecule has 2 fully saturated rings. The highest BCUT2D eigenvalue weighted by Gasteiger charge is 2.82. The first kappa shape index (κ1) is 37.3. The van der Waals surface area contributed by atoms with Crippen LogP contribution in [0.3, 0.4) is 0 Å².